The highest BCUT2D eigenvalue weighted by Gasteiger charge is 2.50. The van der Waals surface area contributed by atoms with Crippen molar-refractivity contribution in [1.29, 1.82) is 0 Å². The number of benzene rings is 1. The Bertz CT molecular complexity index is 1140. The summed E-state index contributed by atoms with van der Waals surface area (Å²) in [5, 5.41) is 4.74. The molecule has 1 amide bonds. The van der Waals surface area contributed by atoms with Gasteiger partial charge in [-0.05, 0) is 50.1 Å². The molecule has 0 unspecified atom stereocenters. The van der Waals surface area contributed by atoms with Gasteiger partial charge in [0.1, 0.15) is 6.61 Å². The van der Waals surface area contributed by atoms with E-state index >= 15 is 0 Å². The van der Waals surface area contributed by atoms with Crippen molar-refractivity contribution in [3.63, 3.8) is 0 Å². The number of anilines is 1. The van der Waals surface area contributed by atoms with Crippen LogP contribution in [0.2, 0.25) is 0 Å². The van der Waals surface area contributed by atoms with Crippen molar-refractivity contribution < 1.29 is 35.9 Å². The largest absolute Gasteiger partial charge is 0.445 e. The van der Waals surface area contributed by atoms with Crippen LogP contribution in [0.15, 0.2) is 24.3 Å². The van der Waals surface area contributed by atoms with E-state index in [2.05, 4.69) is 16.8 Å². The van der Waals surface area contributed by atoms with Crippen LogP contribution in [-0.2, 0) is 36.8 Å². The summed E-state index contributed by atoms with van der Waals surface area (Å²) in [6, 6.07) is 3.11. The Morgan fingerprint density at radius 2 is 1.65 bits per heavy atom. The van der Waals surface area contributed by atoms with Crippen LogP contribution in [0.4, 0.5) is 37.0 Å². The minimum absolute atomic E-state index is 0.0459. The Morgan fingerprint density at radius 1 is 0.973 bits per heavy atom. The molecule has 0 atom stereocenters. The lowest BCUT2D eigenvalue weighted by atomic mass is 10.1. The zero-order chi connectivity index (χ0) is 26.6. The van der Waals surface area contributed by atoms with E-state index in [-0.39, 0.29) is 23.7 Å². The molecule has 13 heteroatoms. The molecule has 37 heavy (non-hydrogen) atoms. The van der Waals surface area contributed by atoms with Gasteiger partial charge in [0.15, 0.2) is 5.82 Å². The SMILES string of the molecule is CN1CCN(c2cc3n(n2)CCCN(C(=O)OCc2cc(C(F)(F)F)cc(C(F)(F)F)c2)C3)CC12CC2. The van der Waals surface area contributed by atoms with Gasteiger partial charge in [-0.3, -0.25) is 9.58 Å². The van der Waals surface area contributed by atoms with Gasteiger partial charge in [0.05, 0.1) is 23.4 Å². The molecule has 2 fully saturated rings. The Morgan fingerprint density at radius 3 is 2.27 bits per heavy atom. The van der Waals surface area contributed by atoms with E-state index in [1.165, 1.54) is 4.90 Å². The number of carbonyl (C=O) groups excluding carboxylic acids is 1. The van der Waals surface area contributed by atoms with Gasteiger partial charge in [-0.2, -0.15) is 31.4 Å². The van der Waals surface area contributed by atoms with Crippen molar-refractivity contribution in [2.45, 2.75) is 56.9 Å². The topological polar surface area (TPSA) is 53.8 Å². The van der Waals surface area contributed by atoms with Gasteiger partial charge in [0.25, 0.3) is 0 Å². The van der Waals surface area contributed by atoms with Crippen LogP contribution in [0, 0.1) is 0 Å². The number of carbonyl (C=O) groups is 1. The molecule has 2 aromatic rings. The van der Waals surface area contributed by atoms with Crippen molar-refractivity contribution in [2.24, 2.45) is 0 Å². The van der Waals surface area contributed by atoms with Crippen molar-refractivity contribution in [3.8, 4) is 0 Å². The van der Waals surface area contributed by atoms with E-state index in [0.29, 0.717) is 31.6 Å². The van der Waals surface area contributed by atoms with Crippen LogP contribution in [0.25, 0.3) is 0 Å². The maximum atomic E-state index is 13.1. The number of aryl methyl sites for hydroxylation is 1. The van der Waals surface area contributed by atoms with Crippen LogP contribution < -0.4 is 4.90 Å². The number of hydrogen-bond acceptors (Lipinski definition) is 5. The quantitative estimate of drug-likeness (QED) is 0.536. The molecule has 3 heterocycles. The van der Waals surface area contributed by atoms with E-state index < -0.39 is 36.2 Å². The summed E-state index contributed by atoms with van der Waals surface area (Å²) in [5.74, 6) is 0.841. The number of alkyl halides is 6. The number of aromatic nitrogens is 2. The van der Waals surface area contributed by atoms with Gasteiger partial charge in [-0.15, -0.1) is 0 Å². The predicted molar refractivity (Wildman–Crippen MR) is 121 cm³/mol. The first kappa shape index (κ1) is 25.7. The third-order valence-corrected chi connectivity index (χ3v) is 7.42. The minimum atomic E-state index is -4.97. The summed E-state index contributed by atoms with van der Waals surface area (Å²) in [5.41, 5.74) is -2.27. The molecule has 1 saturated heterocycles. The first-order valence-electron chi connectivity index (χ1n) is 12.1. The third-order valence-electron chi connectivity index (χ3n) is 7.42. The van der Waals surface area contributed by atoms with Crippen LogP contribution in [0.3, 0.4) is 0 Å². The molecule has 1 aromatic heterocycles. The molecule has 0 N–H and O–H groups in total. The first-order valence-corrected chi connectivity index (χ1v) is 12.1. The number of likely N-dealkylation sites (N-methyl/N-ethyl adjacent to an activating group) is 1. The summed E-state index contributed by atoms with van der Waals surface area (Å²) in [7, 11) is 2.14. The molecular formula is C24H27F6N5O2. The number of ether oxygens (including phenoxy) is 1. The molecule has 7 nitrogen and oxygen atoms in total. The molecule has 1 spiro atoms. The van der Waals surface area contributed by atoms with Gasteiger partial charge in [-0.25, -0.2) is 4.79 Å². The number of hydrogen-bond donors (Lipinski definition) is 0. The van der Waals surface area contributed by atoms with Crippen LogP contribution in [0.1, 0.15) is 41.6 Å². The second kappa shape index (κ2) is 9.10. The monoisotopic (exact) mass is 531 g/mol. The molecule has 5 rings (SSSR count). The van der Waals surface area contributed by atoms with Crippen LogP contribution in [-0.4, -0.2) is 64.4 Å². The molecule has 202 valence electrons. The number of rotatable bonds is 3. The van der Waals surface area contributed by atoms with Crippen molar-refractivity contribution in [2.75, 3.05) is 38.1 Å². The average molecular weight is 532 g/mol. The molecule has 3 aliphatic rings. The molecule has 2 aliphatic heterocycles. The standard InChI is InChI=1S/C24H27F6N5O2/c1-32-7-8-34(15-22(32)3-4-22)20-12-19-13-33(5-2-6-35(19)31-20)21(36)37-14-16-9-17(23(25,26)27)11-18(10-16)24(28,29)30/h9-12H,2-8,13-15H2,1H3. The van der Waals surface area contributed by atoms with E-state index in [4.69, 9.17) is 9.84 Å². The highest BCUT2D eigenvalue weighted by Crippen LogP contribution is 2.44. The lowest BCUT2D eigenvalue weighted by molar-refractivity contribution is -0.143. The van der Waals surface area contributed by atoms with Gasteiger partial charge < -0.3 is 14.5 Å². The molecular weight excluding hydrogens is 504 g/mol. The van der Waals surface area contributed by atoms with E-state index in [0.717, 1.165) is 44.0 Å². The summed E-state index contributed by atoms with van der Waals surface area (Å²) < 4.78 is 85.7. The second-order valence-electron chi connectivity index (χ2n) is 10.0. The third kappa shape index (κ3) is 5.36. The highest BCUT2D eigenvalue weighted by molar-refractivity contribution is 5.67. The van der Waals surface area contributed by atoms with Crippen molar-refractivity contribution in [3.05, 3.63) is 46.6 Å². The summed E-state index contributed by atoms with van der Waals surface area (Å²) in [4.78, 5) is 18.8. The van der Waals surface area contributed by atoms with Crippen LogP contribution in [0.5, 0.6) is 0 Å². The zero-order valence-corrected chi connectivity index (χ0v) is 20.2. The molecule has 0 bridgehead atoms. The lowest BCUT2D eigenvalue weighted by Gasteiger charge is -2.40. The van der Waals surface area contributed by atoms with Crippen LogP contribution >= 0.6 is 0 Å². The number of piperazine rings is 1. The Kier molecular flexibility index (Phi) is 6.32. The maximum Gasteiger partial charge on any atom is 0.416 e. The predicted octanol–water partition coefficient (Wildman–Crippen LogP) is 4.75. The summed E-state index contributed by atoms with van der Waals surface area (Å²) in [6.45, 7) is 3.05. The number of nitrogens with zero attached hydrogens (tertiary/aromatic N) is 5. The molecule has 0 radical (unpaired) electrons. The lowest BCUT2D eigenvalue weighted by Crippen LogP contribution is -2.53. The Hall–Kier alpha value is -2.96. The van der Waals surface area contributed by atoms with Gasteiger partial charge in [0.2, 0.25) is 0 Å². The molecule has 1 aromatic carbocycles. The minimum Gasteiger partial charge on any atom is -0.445 e. The fourth-order valence-electron chi connectivity index (χ4n) is 5.04. The smallest absolute Gasteiger partial charge is 0.416 e. The van der Waals surface area contributed by atoms with E-state index in [1.54, 1.807) is 0 Å². The zero-order valence-electron chi connectivity index (χ0n) is 20.2. The fourth-order valence-corrected chi connectivity index (χ4v) is 5.04. The fraction of sp³-hybridized carbons (Fsp3) is 0.583. The van der Waals surface area contributed by atoms with Gasteiger partial charge in [-0.1, -0.05) is 0 Å². The van der Waals surface area contributed by atoms with Crippen molar-refractivity contribution in [1.82, 2.24) is 19.6 Å². The van der Waals surface area contributed by atoms with Gasteiger partial charge >= 0.3 is 18.4 Å². The average Bonchev–Trinajstić information content (AvgIpc) is 3.54. The van der Waals surface area contributed by atoms with E-state index in [9.17, 15) is 31.1 Å². The number of amides is 1. The Balaban J connectivity index is 1.26. The second-order valence-corrected chi connectivity index (χ2v) is 10.0. The maximum absolute atomic E-state index is 13.1. The highest BCUT2D eigenvalue weighted by atomic mass is 19.4. The first-order chi connectivity index (χ1) is 17.3. The summed E-state index contributed by atoms with van der Waals surface area (Å²) in [6.07, 6.45) is -7.85. The normalized spacial score (nSPS) is 20.1. The molecule has 1 saturated carbocycles. The van der Waals surface area contributed by atoms with Crippen molar-refractivity contribution >= 4 is 11.9 Å². The van der Waals surface area contributed by atoms with E-state index in [1.807, 2.05) is 10.7 Å². The number of halogens is 6. The summed E-state index contributed by atoms with van der Waals surface area (Å²) >= 11 is 0. The number of fused-ring (bicyclic) bond motifs is 1. The molecule has 1 aliphatic carbocycles. The van der Waals surface area contributed by atoms with Gasteiger partial charge in [0, 0.05) is 44.3 Å². The Labute approximate surface area is 209 Å².